The van der Waals surface area contributed by atoms with Crippen molar-refractivity contribution in [3.63, 3.8) is 0 Å². The lowest BCUT2D eigenvalue weighted by Gasteiger charge is -2.37. The van der Waals surface area contributed by atoms with Crippen molar-refractivity contribution in [3.8, 4) is 0 Å². The number of likely N-dealkylation sites (N-methyl/N-ethyl adjacent to an activating group) is 1. The van der Waals surface area contributed by atoms with E-state index in [9.17, 15) is 9.59 Å². The summed E-state index contributed by atoms with van der Waals surface area (Å²) < 4.78 is 0. The summed E-state index contributed by atoms with van der Waals surface area (Å²) in [6.45, 7) is 10.2. The van der Waals surface area contributed by atoms with E-state index in [-0.39, 0.29) is 17.5 Å². The Morgan fingerprint density at radius 2 is 1.96 bits per heavy atom. The van der Waals surface area contributed by atoms with E-state index in [1.807, 2.05) is 24.3 Å². The van der Waals surface area contributed by atoms with Crippen molar-refractivity contribution in [3.05, 3.63) is 46.2 Å². The van der Waals surface area contributed by atoms with Gasteiger partial charge in [-0.15, -0.1) is 0 Å². The van der Waals surface area contributed by atoms with Gasteiger partial charge in [0.25, 0.3) is 5.91 Å². The van der Waals surface area contributed by atoms with Crippen LogP contribution in [0.2, 0.25) is 0 Å². The van der Waals surface area contributed by atoms with Crippen LogP contribution in [0.1, 0.15) is 24.2 Å². The Morgan fingerprint density at radius 3 is 2.68 bits per heavy atom. The average molecular weight is 342 g/mol. The van der Waals surface area contributed by atoms with Crippen LogP contribution in [-0.4, -0.2) is 66.0 Å². The summed E-state index contributed by atoms with van der Waals surface area (Å²) in [4.78, 5) is 32.0. The number of hydrogen-bond acceptors (Lipinski definition) is 4. The first-order valence-electron chi connectivity index (χ1n) is 8.95. The molecule has 1 fully saturated rings. The van der Waals surface area contributed by atoms with Crippen molar-refractivity contribution in [1.29, 1.82) is 0 Å². The molecule has 2 aromatic rings. The second-order valence-electron chi connectivity index (χ2n) is 6.62. The number of aromatic amines is 1. The third-order valence-electron chi connectivity index (χ3n) is 5.03. The number of para-hydroxylation sites is 1. The minimum atomic E-state index is -0.257. The number of carbonyl (C=O) groups excluding carboxylic acids is 1. The maximum absolute atomic E-state index is 12.6. The number of nitrogens with zero attached hydrogens (tertiary/aromatic N) is 2. The maximum Gasteiger partial charge on any atom is 0.252 e. The van der Waals surface area contributed by atoms with Gasteiger partial charge in [0.15, 0.2) is 0 Å². The molecule has 0 spiro atoms. The molecule has 6 heteroatoms. The largest absolute Gasteiger partial charge is 0.350 e. The summed E-state index contributed by atoms with van der Waals surface area (Å²) in [6.07, 6.45) is 0. The lowest BCUT2D eigenvalue weighted by molar-refractivity contribution is 0.0884. The van der Waals surface area contributed by atoms with Crippen LogP contribution in [0.5, 0.6) is 0 Å². The lowest BCUT2D eigenvalue weighted by Crippen LogP contribution is -2.52. The minimum Gasteiger partial charge on any atom is -0.350 e. The van der Waals surface area contributed by atoms with Crippen LogP contribution in [0.25, 0.3) is 10.9 Å². The van der Waals surface area contributed by atoms with Crippen LogP contribution in [0, 0.1) is 0 Å². The number of fused-ring (bicyclic) bond motifs is 1. The van der Waals surface area contributed by atoms with Crippen LogP contribution in [0.15, 0.2) is 35.1 Å². The molecule has 1 aliphatic rings. The number of H-pyrrole nitrogens is 1. The van der Waals surface area contributed by atoms with Crippen molar-refractivity contribution in [1.82, 2.24) is 20.1 Å². The highest BCUT2D eigenvalue weighted by Gasteiger charge is 2.21. The first-order chi connectivity index (χ1) is 12.1. The molecule has 0 radical (unpaired) electrons. The molecule has 6 nitrogen and oxygen atoms in total. The lowest BCUT2D eigenvalue weighted by atomic mass is 10.1. The number of rotatable bonds is 5. The summed E-state index contributed by atoms with van der Waals surface area (Å²) in [6, 6.07) is 9.03. The number of piperazine rings is 1. The molecule has 1 aromatic carbocycles. The normalized spacial score (nSPS) is 17.5. The maximum atomic E-state index is 12.6. The summed E-state index contributed by atoms with van der Waals surface area (Å²) >= 11 is 0. The average Bonchev–Trinajstić information content (AvgIpc) is 2.65. The zero-order chi connectivity index (χ0) is 17.8. The Kier molecular flexibility index (Phi) is 5.50. The minimum absolute atomic E-state index is 0.193. The monoisotopic (exact) mass is 342 g/mol. The van der Waals surface area contributed by atoms with Gasteiger partial charge < -0.3 is 15.2 Å². The van der Waals surface area contributed by atoms with Gasteiger partial charge in [0.1, 0.15) is 0 Å². The molecule has 0 bridgehead atoms. The van der Waals surface area contributed by atoms with Gasteiger partial charge in [0, 0.05) is 55.7 Å². The molecule has 0 unspecified atom stereocenters. The number of pyridine rings is 1. The molecule has 1 aromatic heterocycles. The predicted molar refractivity (Wildman–Crippen MR) is 100 cm³/mol. The molecule has 2 heterocycles. The quantitative estimate of drug-likeness (QED) is 0.859. The number of amides is 1. The fourth-order valence-corrected chi connectivity index (χ4v) is 3.38. The topological polar surface area (TPSA) is 68.4 Å². The number of nitrogens with one attached hydrogen (secondary N) is 2. The molecular formula is C19H26N4O2. The van der Waals surface area contributed by atoms with Gasteiger partial charge >= 0.3 is 0 Å². The zero-order valence-electron chi connectivity index (χ0n) is 14.9. The van der Waals surface area contributed by atoms with E-state index in [1.54, 1.807) is 0 Å². The zero-order valence-corrected chi connectivity index (χ0v) is 14.9. The van der Waals surface area contributed by atoms with E-state index in [1.165, 1.54) is 6.07 Å². The summed E-state index contributed by atoms with van der Waals surface area (Å²) in [5.41, 5.74) is 0.860. The fourth-order valence-electron chi connectivity index (χ4n) is 3.38. The second-order valence-corrected chi connectivity index (χ2v) is 6.62. The predicted octanol–water partition coefficient (Wildman–Crippen LogP) is 1.28. The first-order valence-corrected chi connectivity index (χ1v) is 8.95. The van der Waals surface area contributed by atoms with Gasteiger partial charge in [-0.3, -0.25) is 14.5 Å². The van der Waals surface area contributed by atoms with E-state index in [0.717, 1.165) is 38.1 Å². The van der Waals surface area contributed by atoms with E-state index >= 15 is 0 Å². The molecule has 1 amide bonds. The Labute approximate surface area is 147 Å². The van der Waals surface area contributed by atoms with Crippen LogP contribution in [0.3, 0.4) is 0 Å². The molecule has 0 saturated carbocycles. The third kappa shape index (κ3) is 4.08. The SMILES string of the molecule is CCN1CCN([C@H](C)CNC(=O)c2cc(=O)[nH]c3ccccc23)CC1. The Hall–Kier alpha value is -2.18. The number of aromatic nitrogens is 1. The fraction of sp³-hybridized carbons (Fsp3) is 0.474. The molecule has 25 heavy (non-hydrogen) atoms. The van der Waals surface area contributed by atoms with E-state index in [0.29, 0.717) is 17.6 Å². The van der Waals surface area contributed by atoms with Gasteiger partial charge in [0.05, 0.1) is 5.56 Å². The molecule has 0 aliphatic carbocycles. The second kappa shape index (κ2) is 7.80. The Morgan fingerprint density at radius 1 is 1.24 bits per heavy atom. The molecule has 3 rings (SSSR count). The number of benzene rings is 1. The van der Waals surface area contributed by atoms with Crippen molar-refractivity contribution in [2.75, 3.05) is 39.3 Å². The summed E-state index contributed by atoms with van der Waals surface area (Å²) in [5.74, 6) is -0.193. The highest BCUT2D eigenvalue weighted by atomic mass is 16.2. The van der Waals surface area contributed by atoms with Gasteiger partial charge in [-0.25, -0.2) is 0 Å². The van der Waals surface area contributed by atoms with Crippen molar-refractivity contribution in [2.24, 2.45) is 0 Å². The molecular weight excluding hydrogens is 316 g/mol. The van der Waals surface area contributed by atoms with E-state index in [2.05, 4.69) is 33.9 Å². The van der Waals surface area contributed by atoms with Gasteiger partial charge in [0.2, 0.25) is 5.56 Å². The number of hydrogen-bond donors (Lipinski definition) is 2. The van der Waals surface area contributed by atoms with Crippen LogP contribution < -0.4 is 10.9 Å². The summed E-state index contributed by atoms with van der Waals surface area (Å²) in [7, 11) is 0. The Balaban J connectivity index is 1.64. The van der Waals surface area contributed by atoms with Crippen LogP contribution in [-0.2, 0) is 0 Å². The van der Waals surface area contributed by atoms with Gasteiger partial charge in [-0.2, -0.15) is 0 Å². The highest BCUT2D eigenvalue weighted by molar-refractivity contribution is 6.05. The van der Waals surface area contributed by atoms with Crippen molar-refractivity contribution < 1.29 is 4.79 Å². The molecule has 1 atom stereocenters. The van der Waals surface area contributed by atoms with Crippen LogP contribution in [0.4, 0.5) is 0 Å². The van der Waals surface area contributed by atoms with Gasteiger partial charge in [-0.1, -0.05) is 25.1 Å². The van der Waals surface area contributed by atoms with E-state index in [4.69, 9.17) is 0 Å². The van der Waals surface area contributed by atoms with Crippen LogP contribution >= 0.6 is 0 Å². The molecule has 1 saturated heterocycles. The molecule has 1 aliphatic heterocycles. The number of carbonyl (C=O) groups is 1. The third-order valence-corrected chi connectivity index (χ3v) is 5.03. The van der Waals surface area contributed by atoms with Crippen molar-refractivity contribution >= 4 is 16.8 Å². The standard InChI is InChI=1S/C19H26N4O2/c1-3-22-8-10-23(11-9-22)14(2)13-20-19(25)16-12-18(24)21-17-7-5-4-6-15(16)17/h4-7,12,14H,3,8-11,13H2,1-2H3,(H,20,25)(H,21,24)/t14-/m1/s1. The molecule has 2 N–H and O–H groups in total. The van der Waals surface area contributed by atoms with Crippen molar-refractivity contribution in [2.45, 2.75) is 19.9 Å². The smallest absolute Gasteiger partial charge is 0.252 e. The first kappa shape index (κ1) is 17.6. The summed E-state index contributed by atoms with van der Waals surface area (Å²) in [5, 5.41) is 3.76. The Bertz CT molecular complexity index is 793. The molecule has 134 valence electrons. The van der Waals surface area contributed by atoms with Gasteiger partial charge in [-0.05, 0) is 19.5 Å². The highest BCUT2D eigenvalue weighted by Crippen LogP contribution is 2.14. The van der Waals surface area contributed by atoms with E-state index < -0.39 is 0 Å².